The molecule has 1 atom stereocenters. The lowest BCUT2D eigenvalue weighted by Crippen LogP contribution is -2.34. The van der Waals surface area contributed by atoms with Gasteiger partial charge in [0.25, 0.3) is 0 Å². The monoisotopic (exact) mass is 638 g/mol. The maximum Gasteiger partial charge on any atom is 0.416 e. The van der Waals surface area contributed by atoms with Gasteiger partial charge in [-0.25, -0.2) is 4.68 Å². The highest BCUT2D eigenvalue weighted by Crippen LogP contribution is 2.43. The third kappa shape index (κ3) is 7.19. The summed E-state index contributed by atoms with van der Waals surface area (Å²) in [6.45, 7) is 5.07. The summed E-state index contributed by atoms with van der Waals surface area (Å²) >= 11 is 0. The van der Waals surface area contributed by atoms with Crippen LogP contribution in [0, 0.1) is 25.7 Å². The molecule has 0 amide bonds. The second-order valence-electron chi connectivity index (χ2n) is 12.3. The minimum atomic E-state index is -4.97. The van der Waals surface area contributed by atoms with Crippen LogP contribution in [0.3, 0.4) is 0 Å². The van der Waals surface area contributed by atoms with E-state index in [-0.39, 0.29) is 30.0 Å². The van der Waals surface area contributed by atoms with E-state index in [0.29, 0.717) is 38.1 Å². The molecule has 1 aliphatic carbocycles. The summed E-state index contributed by atoms with van der Waals surface area (Å²) in [6, 6.07) is 5.27. The fourth-order valence-corrected chi connectivity index (χ4v) is 6.93. The van der Waals surface area contributed by atoms with E-state index in [4.69, 9.17) is 0 Å². The Kier molecular flexibility index (Phi) is 9.05. The minimum absolute atomic E-state index is 0.132. The molecule has 0 radical (unpaired) electrons. The van der Waals surface area contributed by atoms with Crippen LogP contribution >= 0.6 is 0 Å². The third-order valence-electron chi connectivity index (χ3n) is 8.96. The van der Waals surface area contributed by atoms with Gasteiger partial charge in [-0.15, -0.1) is 0 Å². The number of anilines is 2. The Morgan fingerprint density at radius 2 is 1.60 bits per heavy atom. The number of carbonyl (C=O) groups is 1. The van der Waals surface area contributed by atoms with Gasteiger partial charge in [0.05, 0.1) is 23.1 Å². The number of carboxylic acids is 1. The van der Waals surface area contributed by atoms with E-state index in [0.717, 1.165) is 53.9 Å². The van der Waals surface area contributed by atoms with Crippen molar-refractivity contribution >= 4 is 17.6 Å². The molecule has 45 heavy (non-hydrogen) atoms. The van der Waals surface area contributed by atoms with Gasteiger partial charge in [0.2, 0.25) is 5.95 Å². The first-order chi connectivity index (χ1) is 21.1. The first-order valence-electron chi connectivity index (χ1n) is 15.0. The zero-order chi connectivity index (χ0) is 32.7. The van der Waals surface area contributed by atoms with Gasteiger partial charge in [-0.1, -0.05) is 22.8 Å². The molecule has 2 heterocycles. The molecule has 0 unspecified atom stereocenters. The van der Waals surface area contributed by atoms with Crippen molar-refractivity contribution in [2.24, 2.45) is 18.9 Å². The molecule has 8 nitrogen and oxygen atoms in total. The predicted octanol–water partition coefficient (Wildman–Crippen LogP) is 7.10. The van der Waals surface area contributed by atoms with Gasteiger partial charge in [-0.3, -0.25) is 4.79 Å². The van der Waals surface area contributed by atoms with Crippen LogP contribution in [0.1, 0.15) is 77.9 Å². The average molecular weight is 639 g/mol. The van der Waals surface area contributed by atoms with E-state index < -0.39 is 35.5 Å². The largest absolute Gasteiger partial charge is 0.481 e. The normalized spacial score (nSPS) is 20.9. The molecule has 1 fully saturated rings. The summed E-state index contributed by atoms with van der Waals surface area (Å²) in [7, 11) is 1.58. The highest BCUT2D eigenvalue weighted by Gasteiger charge is 2.38. The van der Waals surface area contributed by atoms with Crippen LogP contribution in [-0.2, 0) is 30.7 Å². The van der Waals surface area contributed by atoms with Crippen molar-refractivity contribution in [2.75, 3.05) is 22.9 Å². The lowest BCUT2D eigenvalue weighted by molar-refractivity contribution is -0.144. The van der Waals surface area contributed by atoms with E-state index in [9.17, 15) is 36.2 Å². The molecule has 1 N–H and O–H groups in total. The molecule has 5 rings (SSSR count). The van der Waals surface area contributed by atoms with E-state index >= 15 is 0 Å². The van der Waals surface area contributed by atoms with Crippen LogP contribution in [0.4, 0.5) is 38.0 Å². The van der Waals surface area contributed by atoms with Crippen LogP contribution < -0.4 is 9.80 Å². The number of benzene rings is 2. The van der Waals surface area contributed by atoms with Crippen molar-refractivity contribution in [1.82, 2.24) is 20.2 Å². The summed E-state index contributed by atoms with van der Waals surface area (Å²) in [4.78, 5) is 15.5. The summed E-state index contributed by atoms with van der Waals surface area (Å²) in [5.41, 5.74) is 0.932. The number of hydrogen-bond acceptors (Lipinski definition) is 6. The lowest BCUT2D eigenvalue weighted by Gasteiger charge is -2.36. The Bertz CT molecular complexity index is 1500. The number of halogens is 6. The van der Waals surface area contributed by atoms with Gasteiger partial charge >= 0.3 is 18.3 Å². The number of aryl methyl sites for hydroxylation is 3. The maximum atomic E-state index is 13.7. The second kappa shape index (κ2) is 12.5. The third-order valence-corrected chi connectivity index (χ3v) is 8.96. The molecule has 14 heteroatoms. The summed E-state index contributed by atoms with van der Waals surface area (Å²) < 4.78 is 83.9. The average Bonchev–Trinajstić information content (AvgIpc) is 3.29. The zero-order valence-electron chi connectivity index (χ0n) is 25.3. The Morgan fingerprint density at radius 1 is 0.956 bits per heavy atom. The SMILES string of the molecule is Cc1cc(C)c2c(c1)[C@@H](N(Cc1cc(C(F)(F)F)cc(C(F)(F)F)c1)c1nnnn1C)CCCN2CC1CCC(C(=O)O)CC1. The van der Waals surface area contributed by atoms with E-state index in [1.165, 1.54) is 4.68 Å². The number of aliphatic carboxylic acids is 1. The van der Waals surface area contributed by atoms with Gasteiger partial charge in [0, 0.05) is 32.4 Å². The summed E-state index contributed by atoms with van der Waals surface area (Å²) in [6.07, 6.45) is -5.85. The van der Waals surface area contributed by atoms with Crippen molar-refractivity contribution in [3.05, 3.63) is 63.7 Å². The number of alkyl halides is 6. The Hall–Kier alpha value is -3.84. The number of nitrogens with zero attached hydrogens (tertiary/aromatic N) is 6. The highest BCUT2D eigenvalue weighted by molar-refractivity contribution is 5.70. The fraction of sp³-hybridized carbons (Fsp3) is 0.548. The topological polar surface area (TPSA) is 87.4 Å². The summed E-state index contributed by atoms with van der Waals surface area (Å²) in [5, 5.41) is 21.2. The standard InChI is InChI=1S/C31H36F6N6O2/c1-18-11-19(2)27-25(12-18)26(5-4-10-42(27)16-20-6-8-22(9-7-20)28(44)45)43(29-38-39-40-41(29)3)17-21-13-23(30(32,33)34)15-24(14-21)31(35,36)37/h11-15,20,22,26H,4-10,16-17H2,1-3H3,(H,44,45)/t20?,22?,26-/m0/s1. The van der Waals surface area contributed by atoms with Crippen LogP contribution in [0.2, 0.25) is 0 Å². The molecule has 2 aliphatic rings. The Morgan fingerprint density at radius 3 is 2.16 bits per heavy atom. The van der Waals surface area contributed by atoms with Crippen LogP contribution in [0.5, 0.6) is 0 Å². The molecular formula is C31H36F6N6O2. The predicted molar refractivity (Wildman–Crippen MR) is 155 cm³/mol. The molecule has 0 bridgehead atoms. The molecule has 1 saturated carbocycles. The van der Waals surface area contributed by atoms with Gasteiger partial charge in [0.15, 0.2) is 0 Å². The number of aromatic nitrogens is 4. The van der Waals surface area contributed by atoms with Crippen molar-refractivity contribution in [1.29, 1.82) is 0 Å². The van der Waals surface area contributed by atoms with E-state index in [2.05, 4.69) is 26.5 Å². The first-order valence-corrected chi connectivity index (χ1v) is 15.0. The van der Waals surface area contributed by atoms with Crippen LogP contribution in [0.25, 0.3) is 0 Å². The Balaban J connectivity index is 1.56. The molecule has 3 aromatic rings. The highest BCUT2D eigenvalue weighted by atomic mass is 19.4. The molecule has 244 valence electrons. The Labute approximate surface area is 257 Å². The fourth-order valence-electron chi connectivity index (χ4n) is 6.93. The quantitative estimate of drug-likeness (QED) is 0.276. The summed E-state index contributed by atoms with van der Waals surface area (Å²) in [5.74, 6) is -0.565. The molecule has 0 spiro atoms. The van der Waals surface area contributed by atoms with Crippen molar-refractivity contribution in [3.8, 4) is 0 Å². The van der Waals surface area contributed by atoms with Crippen molar-refractivity contribution in [2.45, 2.75) is 77.3 Å². The number of fused-ring (bicyclic) bond motifs is 1. The van der Waals surface area contributed by atoms with Gasteiger partial charge in [-0.05, 0) is 104 Å². The number of tetrazole rings is 1. The number of carboxylic acid groups (broad SMARTS) is 1. The van der Waals surface area contributed by atoms with Crippen LogP contribution in [-0.4, -0.2) is 44.4 Å². The van der Waals surface area contributed by atoms with Gasteiger partial charge < -0.3 is 14.9 Å². The minimum Gasteiger partial charge on any atom is -0.481 e. The van der Waals surface area contributed by atoms with Gasteiger partial charge in [-0.2, -0.15) is 26.3 Å². The van der Waals surface area contributed by atoms with Crippen molar-refractivity contribution in [3.63, 3.8) is 0 Å². The van der Waals surface area contributed by atoms with E-state index in [1.54, 1.807) is 11.9 Å². The zero-order valence-corrected chi connectivity index (χ0v) is 25.3. The molecule has 0 saturated heterocycles. The van der Waals surface area contributed by atoms with E-state index in [1.807, 2.05) is 19.9 Å². The molecular weight excluding hydrogens is 602 g/mol. The lowest BCUT2D eigenvalue weighted by atomic mass is 9.81. The maximum absolute atomic E-state index is 13.7. The van der Waals surface area contributed by atoms with Crippen molar-refractivity contribution < 1.29 is 36.2 Å². The smallest absolute Gasteiger partial charge is 0.416 e. The van der Waals surface area contributed by atoms with Crippen LogP contribution in [0.15, 0.2) is 30.3 Å². The number of hydrogen-bond donors (Lipinski definition) is 1. The number of rotatable bonds is 7. The molecule has 2 aromatic carbocycles. The second-order valence-corrected chi connectivity index (χ2v) is 12.3. The molecule has 1 aromatic heterocycles. The first kappa shape index (κ1) is 32.6. The molecule has 1 aliphatic heterocycles. The van der Waals surface area contributed by atoms with Gasteiger partial charge in [0.1, 0.15) is 0 Å².